The topological polar surface area (TPSA) is 77.7 Å². The normalized spacial score (nSPS) is 16.9. The highest BCUT2D eigenvalue weighted by atomic mass is 16.6. The van der Waals surface area contributed by atoms with Gasteiger partial charge in [-0.25, -0.2) is 4.79 Å². The van der Waals surface area contributed by atoms with Crippen molar-refractivity contribution in [2.24, 2.45) is 0 Å². The van der Waals surface area contributed by atoms with Crippen molar-refractivity contribution in [2.75, 3.05) is 18.6 Å². The second-order valence-corrected chi connectivity index (χ2v) is 5.67. The first-order valence-corrected chi connectivity index (χ1v) is 7.49. The zero-order chi connectivity index (χ0) is 16.4. The van der Waals surface area contributed by atoms with Gasteiger partial charge in [-0.2, -0.15) is 0 Å². The lowest BCUT2D eigenvalue weighted by molar-refractivity contribution is -0.148. The van der Waals surface area contributed by atoms with Gasteiger partial charge in [0.25, 0.3) is 0 Å². The van der Waals surface area contributed by atoms with Gasteiger partial charge in [-0.15, -0.1) is 10.2 Å². The summed E-state index contributed by atoms with van der Waals surface area (Å²) in [6.07, 6.45) is -0.678. The number of carbonyl (C=O) groups is 1. The Morgan fingerprint density at radius 1 is 1.39 bits per heavy atom. The molecule has 0 spiro atoms. The van der Waals surface area contributed by atoms with E-state index >= 15 is 0 Å². The number of ether oxygens (including phenoxy) is 2. The van der Waals surface area contributed by atoms with Gasteiger partial charge < -0.3 is 18.8 Å². The summed E-state index contributed by atoms with van der Waals surface area (Å²) in [5, 5.41) is 8.12. The summed E-state index contributed by atoms with van der Waals surface area (Å²) in [5.74, 6) is 1.52. The third-order valence-electron chi connectivity index (χ3n) is 3.63. The zero-order valence-electron chi connectivity index (χ0n) is 13.4. The van der Waals surface area contributed by atoms with Crippen molar-refractivity contribution < 1.29 is 18.7 Å². The standard InChI is InChI=1S/C16H19N3O4/c1-10(2)15-18-17-14(23-15)9-19-8-13(16(20)21-3)22-12-7-5-4-6-11(12)19/h4-7,10,13H,8-9H2,1-3H3/t13-/m1/s1. The lowest BCUT2D eigenvalue weighted by Gasteiger charge is -2.34. The van der Waals surface area contributed by atoms with Gasteiger partial charge in [-0.05, 0) is 12.1 Å². The lowest BCUT2D eigenvalue weighted by atomic mass is 10.2. The molecule has 0 fully saturated rings. The van der Waals surface area contributed by atoms with Gasteiger partial charge in [-0.1, -0.05) is 26.0 Å². The number of rotatable bonds is 4. The van der Waals surface area contributed by atoms with E-state index in [1.807, 2.05) is 43.0 Å². The third kappa shape index (κ3) is 3.13. The van der Waals surface area contributed by atoms with Gasteiger partial charge in [0.05, 0.1) is 25.9 Å². The van der Waals surface area contributed by atoms with Crippen molar-refractivity contribution in [3.63, 3.8) is 0 Å². The summed E-state index contributed by atoms with van der Waals surface area (Å²) >= 11 is 0. The fourth-order valence-electron chi connectivity index (χ4n) is 2.44. The first-order chi connectivity index (χ1) is 11.1. The number of hydrogen-bond donors (Lipinski definition) is 0. The van der Waals surface area contributed by atoms with E-state index in [-0.39, 0.29) is 5.92 Å². The smallest absolute Gasteiger partial charge is 0.348 e. The average molecular weight is 317 g/mol. The van der Waals surface area contributed by atoms with Crippen LogP contribution in [-0.2, 0) is 16.1 Å². The molecular weight excluding hydrogens is 298 g/mol. The van der Waals surface area contributed by atoms with Crippen molar-refractivity contribution in [1.29, 1.82) is 0 Å². The van der Waals surface area contributed by atoms with Crippen LogP contribution in [0.2, 0.25) is 0 Å². The first kappa shape index (κ1) is 15.3. The van der Waals surface area contributed by atoms with Gasteiger partial charge in [0, 0.05) is 5.92 Å². The lowest BCUT2D eigenvalue weighted by Crippen LogP contribution is -2.44. The van der Waals surface area contributed by atoms with Crippen LogP contribution in [0.25, 0.3) is 0 Å². The van der Waals surface area contributed by atoms with Crippen LogP contribution in [0.3, 0.4) is 0 Å². The molecule has 0 N–H and O–H groups in total. The number of esters is 1. The van der Waals surface area contributed by atoms with Crippen LogP contribution in [0.15, 0.2) is 28.7 Å². The Kier molecular flexibility index (Phi) is 4.18. The Morgan fingerprint density at radius 2 is 2.17 bits per heavy atom. The molecule has 1 aliphatic rings. The summed E-state index contributed by atoms with van der Waals surface area (Å²) in [6.45, 7) is 4.76. The molecule has 0 amide bonds. The summed E-state index contributed by atoms with van der Waals surface area (Å²) in [4.78, 5) is 13.8. The minimum Gasteiger partial charge on any atom is -0.475 e. The number of nitrogens with zero attached hydrogens (tertiary/aromatic N) is 3. The summed E-state index contributed by atoms with van der Waals surface area (Å²) in [6, 6.07) is 7.54. The van der Waals surface area contributed by atoms with Crippen molar-refractivity contribution in [1.82, 2.24) is 10.2 Å². The molecule has 7 heteroatoms. The molecule has 7 nitrogen and oxygen atoms in total. The average Bonchev–Trinajstić information content (AvgIpc) is 3.03. The quantitative estimate of drug-likeness (QED) is 0.799. The van der Waals surface area contributed by atoms with Crippen LogP contribution in [-0.4, -0.2) is 35.9 Å². The molecular formula is C16H19N3O4. The SMILES string of the molecule is COC(=O)[C@H]1CN(Cc2nnc(C(C)C)o2)c2ccccc2O1. The number of aromatic nitrogens is 2. The molecule has 0 radical (unpaired) electrons. The highest BCUT2D eigenvalue weighted by molar-refractivity contribution is 5.78. The van der Waals surface area contributed by atoms with E-state index in [9.17, 15) is 4.79 Å². The predicted molar refractivity (Wildman–Crippen MR) is 82.3 cm³/mol. The highest BCUT2D eigenvalue weighted by Crippen LogP contribution is 2.34. The number of anilines is 1. The molecule has 0 saturated heterocycles. The number of benzene rings is 1. The van der Waals surface area contributed by atoms with Crippen molar-refractivity contribution in [3.8, 4) is 5.75 Å². The molecule has 2 aromatic rings. The zero-order valence-corrected chi connectivity index (χ0v) is 13.4. The number of hydrogen-bond acceptors (Lipinski definition) is 7. The fourth-order valence-corrected chi connectivity index (χ4v) is 2.44. The van der Waals surface area contributed by atoms with E-state index in [0.29, 0.717) is 30.6 Å². The molecule has 1 atom stereocenters. The summed E-state index contributed by atoms with van der Waals surface area (Å²) < 4.78 is 16.2. The van der Waals surface area contributed by atoms with Crippen LogP contribution in [0.1, 0.15) is 31.5 Å². The van der Waals surface area contributed by atoms with Gasteiger partial charge in [0.2, 0.25) is 17.9 Å². The monoisotopic (exact) mass is 317 g/mol. The maximum Gasteiger partial charge on any atom is 0.348 e. The van der Waals surface area contributed by atoms with Crippen LogP contribution < -0.4 is 9.64 Å². The Bertz CT molecular complexity index is 698. The Hall–Kier alpha value is -2.57. The maximum absolute atomic E-state index is 11.8. The largest absolute Gasteiger partial charge is 0.475 e. The van der Waals surface area contributed by atoms with Gasteiger partial charge >= 0.3 is 5.97 Å². The fraction of sp³-hybridized carbons (Fsp3) is 0.438. The number of fused-ring (bicyclic) bond motifs is 1. The first-order valence-electron chi connectivity index (χ1n) is 7.49. The minimum absolute atomic E-state index is 0.177. The van der Waals surface area contributed by atoms with Crippen LogP contribution in [0, 0.1) is 0 Å². The molecule has 0 saturated carbocycles. The second kappa shape index (κ2) is 6.28. The molecule has 2 heterocycles. The molecule has 23 heavy (non-hydrogen) atoms. The Morgan fingerprint density at radius 3 is 2.87 bits per heavy atom. The molecule has 0 unspecified atom stereocenters. The molecule has 3 rings (SSSR count). The molecule has 1 aromatic heterocycles. The van der Waals surface area contributed by atoms with Gasteiger partial charge in [0.1, 0.15) is 5.75 Å². The molecule has 1 aromatic carbocycles. The second-order valence-electron chi connectivity index (χ2n) is 5.67. The minimum atomic E-state index is -0.678. The number of methoxy groups -OCH3 is 1. The van der Waals surface area contributed by atoms with Crippen molar-refractivity contribution >= 4 is 11.7 Å². The van der Waals surface area contributed by atoms with E-state index in [1.165, 1.54) is 7.11 Å². The van der Waals surface area contributed by atoms with Crippen molar-refractivity contribution in [3.05, 3.63) is 36.0 Å². The molecule has 122 valence electrons. The van der Waals surface area contributed by atoms with E-state index in [2.05, 4.69) is 10.2 Å². The van der Waals surface area contributed by atoms with E-state index < -0.39 is 12.1 Å². The molecule has 0 aliphatic carbocycles. The van der Waals surface area contributed by atoms with Crippen molar-refractivity contribution in [2.45, 2.75) is 32.4 Å². The van der Waals surface area contributed by atoms with E-state index in [4.69, 9.17) is 13.9 Å². The van der Waals surface area contributed by atoms with Crippen LogP contribution in [0.4, 0.5) is 5.69 Å². The number of para-hydroxylation sites is 2. The Balaban J connectivity index is 1.85. The van der Waals surface area contributed by atoms with E-state index in [0.717, 1.165) is 5.69 Å². The predicted octanol–water partition coefficient (Wildman–Crippen LogP) is 2.13. The molecule has 0 bridgehead atoms. The van der Waals surface area contributed by atoms with E-state index in [1.54, 1.807) is 0 Å². The summed E-state index contributed by atoms with van der Waals surface area (Å²) in [7, 11) is 1.35. The number of carbonyl (C=O) groups excluding carboxylic acids is 1. The highest BCUT2D eigenvalue weighted by Gasteiger charge is 2.32. The summed E-state index contributed by atoms with van der Waals surface area (Å²) in [5.41, 5.74) is 0.886. The van der Waals surface area contributed by atoms with Gasteiger partial charge in [-0.3, -0.25) is 0 Å². The maximum atomic E-state index is 11.8. The molecule has 1 aliphatic heterocycles. The van der Waals surface area contributed by atoms with Gasteiger partial charge in [0.15, 0.2) is 0 Å². The van der Waals surface area contributed by atoms with Crippen LogP contribution in [0.5, 0.6) is 5.75 Å². The Labute approximate surface area is 134 Å². The van der Waals surface area contributed by atoms with Crippen LogP contribution >= 0.6 is 0 Å². The third-order valence-corrected chi connectivity index (χ3v) is 3.63.